The van der Waals surface area contributed by atoms with E-state index in [1.54, 1.807) is 0 Å². The second kappa shape index (κ2) is 5.60. The van der Waals surface area contributed by atoms with Crippen molar-refractivity contribution in [2.45, 2.75) is 0 Å². The van der Waals surface area contributed by atoms with E-state index in [2.05, 4.69) is 10.3 Å². The monoisotopic (exact) mass is 318 g/mol. The molecule has 20 heavy (non-hydrogen) atoms. The molecule has 1 aromatic carbocycles. The first-order valence-corrected chi connectivity index (χ1v) is 5.94. The van der Waals surface area contributed by atoms with Crippen LogP contribution in [0, 0.1) is 11.6 Å². The van der Waals surface area contributed by atoms with Gasteiger partial charge in [-0.25, -0.2) is 18.6 Å². The first kappa shape index (κ1) is 14.5. The summed E-state index contributed by atoms with van der Waals surface area (Å²) >= 11 is 11.4. The second-order valence-electron chi connectivity index (χ2n) is 3.72. The number of carboxylic acids is 1. The minimum atomic E-state index is -1.26. The molecule has 0 amide bonds. The Hall–Kier alpha value is -1.92. The molecule has 0 atom stereocenters. The Morgan fingerprint density at radius 3 is 2.50 bits per heavy atom. The number of hydrogen-bond donors (Lipinski definition) is 2. The summed E-state index contributed by atoms with van der Waals surface area (Å²) in [4.78, 5) is 14.7. The van der Waals surface area contributed by atoms with Gasteiger partial charge in [-0.05, 0) is 12.1 Å². The Kier molecular flexibility index (Phi) is 4.06. The molecular weight excluding hydrogens is 313 g/mol. The van der Waals surface area contributed by atoms with E-state index in [-0.39, 0.29) is 27.1 Å². The molecule has 0 saturated carbocycles. The predicted molar refractivity (Wildman–Crippen MR) is 70.9 cm³/mol. The normalized spacial score (nSPS) is 10.4. The van der Waals surface area contributed by atoms with Crippen LogP contribution in [0.25, 0.3) is 0 Å². The molecule has 0 saturated heterocycles. The van der Waals surface area contributed by atoms with Crippen LogP contribution >= 0.6 is 23.2 Å². The summed E-state index contributed by atoms with van der Waals surface area (Å²) in [6, 6.07) is 2.67. The quantitative estimate of drug-likeness (QED) is 0.894. The number of halogens is 4. The number of rotatable bonds is 3. The topological polar surface area (TPSA) is 62.2 Å². The standard InChI is InChI=1S/C12H6Cl2F2N2O2/c13-7-1-5(15)2-9(16)11(7)18-10-3-6(12(19)20)8(14)4-17-10/h1-4H,(H,17,18)(H,19,20). The highest BCUT2D eigenvalue weighted by molar-refractivity contribution is 6.34. The first-order valence-electron chi connectivity index (χ1n) is 5.19. The largest absolute Gasteiger partial charge is 0.478 e. The van der Waals surface area contributed by atoms with E-state index in [9.17, 15) is 13.6 Å². The summed E-state index contributed by atoms with van der Waals surface area (Å²) in [6.45, 7) is 0. The molecule has 0 fully saturated rings. The van der Waals surface area contributed by atoms with Crippen LogP contribution in [-0.2, 0) is 0 Å². The smallest absolute Gasteiger partial charge is 0.337 e. The van der Waals surface area contributed by atoms with E-state index >= 15 is 0 Å². The zero-order chi connectivity index (χ0) is 14.9. The molecule has 0 aliphatic heterocycles. The first-order chi connectivity index (χ1) is 9.38. The fraction of sp³-hybridized carbons (Fsp3) is 0. The van der Waals surface area contributed by atoms with Crippen molar-refractivity contribution in [3.05, 3.63) is 51.6 Å². The maximum Gasteiger partial charge on any atom is 0.337 e. The van der Waals surface area contributed by atoms with Crippen molar-refractivity contribution in [3.63, 3.8) is 0 Å². The van der Waals surface area contributed by atoms with Crippen molar-refractivity contribution in [2.75, 3.05) is 5.32 Å². The van der Waals surface area contributed by atoms with Gasteiger partial charge < -0.3 is 10.4 Å². The molecule has 0 aliphatic carbocycles. The molecule has 4 nitrogen and oxygen atoms in total. The minimum Gasteiger partial charge on any atom is -0.478 e. The fourth-order valence-corrected chi connectivity index (χ4v) is 1.89. The number of carbonyl (C=O) groups is 1. The Morgan fingerprint density at radius 1 is 1.20 bits per heavy atom. The van der Waals surface area contributed by atoms with E-state index in [1.165, 1.54) is 0 Å². The molecule has 2 N–H and O–H groups in total. The molecular formula is C12H6Cl2F2N2O2. The van der Waals surface area contributed by atoms with Crippen LogP contribution in [0.4, 0.5) is 20.3 Å². The number of anilines is 2. The molecule has 1 heterocycles. The predicted octanol–water partition coefficient (Wildman–Crippen LogP) is 4.11. The van der Waals surface area contributed by atoms with Crippen molar-refractivity contribution in [3.8, 4) is 0 Å². The molecule has 104 valence electrons. The number of carboxylic acid groups (broad SMARTS) is 1. The van der Waals surface area contributed by atoms with Gasteiger partial charge in [0.15, 0.2) is 5.82 Å². The molecule has 2 aromatic rings. The summed E-state index contributed by atoms with van der Waals surface area (Å²) in [6.07, 6.45) is 1.10. The van der Waals surface area contributed by atoms with E-state index in [0.717, 1.165) is 18.3 Å². The van der Waals surface area contributed by atoms with Gasteiger partial charge in [0.05, 0.1) is 21.3 Å². The number of hydrogen-bond acceptors (Lipinski definition) is 3. The summed E-state index contributed by atoms with van der Waals surface area (Å²) in [5, 5.41) is 11.1. The van der Waals surface area contributed by atoms with Crippen LogP contribution < -0.4 is 5.32 Å². The van der Waals surface area contributed by atoms with E-state index < -0.39 is 17.6 Å². The molecule has 1 aromatic heterocycles. The Labute approximate surface area is 122 Å². The number of aromatic carboxylic acids is 1. The van der Waals surface area contributed by atoms with Gasteiger partial charge >= 0.3 is 5.97 Å². The second-order valence-corrected chi connectivity index (χ2v) is 4.54. The highest BCUT2D eigenvalue weighted by atomic mass is 35.5. The third-order valence-corrected chi connectivity index (χ3v) is 2.94. The van der Waals surface area contributed by atoms with Gasteiger partial charge in [-0.3, -0.25) is 0 Å². The van der Waals surface area contributed by atoms with Crippen molar-refractivity contribution < 1.29 is 18.7 Å². The molecule has 0 bridgehead atoms. The fourth-order valence-electron chi connectivity index (χ4n) is 1.46. The molecule has 0 radical (unpaired) electrons. The maximum atomic E-state index is 13.6. The van der Waals surface area contributed by atoms with E-state index in [1.807, 2.05) is 0 Å². The maximum absolute atomic E-state index is 13.6. The number of benzene rings is 1. The lowest BCUT2D eigenvalue weighted by atomic mass is 10.2. The lowest BCUT2D eigenvalue weighted by molar-refractivity contribution is 0.0697. The third kappa shape index (κ3) is 2.97. The van der Waals surface area contributed by atoms with Gasteiger partial charge in [0, 0.05) is 12.3 Å². The van der Waals surface area contributed by atoms with Crippen LogP contribution in [0.2, 0.25) is 10.0 Å². The zero-order valence-electron chi connectivity index (χ0n) is 9.62. The third-order valence-electron chi connectivity index (χ3n) is 2.35. The van der Waals surface area contributed by atoms with Gasteiger partial charge in [0.1, 0.15) is 11.6 Å². The Morgan fingerprint density at radius 2 is 1.90 bits per heavy atom. The molecule has 0 aliphatic rings. The van der Waals surface area contributed by atoms with Crippen LogP contribution in [0.3, 0.4) is 0 Å². The van der Waals surface area contributed by atoms with Crippen LogP contribution in [0.15, 0.2) is 24.4 Å². The van der Waals surface area contributed by atoms with E-state index in [0.29, 0.717) is 6.07 Å². The van der Waals surface area contributed by atoms with Crippen molar-refractivity contribution >= 4 is 40.7 Å². The summed E-state index contributed by atoms with van der Waals surface area (Å²) < 4.78 is 26.5. The summed E-state index contributed by atoms with van der Waals surface area (Å²) in [7, 11) is 0. The molecule has 8 heteroatoms. The Balaban J connectivity index is 2.41. The SMILES string of the molecule is O=C(O)c1cc(Nc2c(F)cc(F)cc2Cl)ncc1Cl. The van der Waals surface area contributed by atoms with Crippen molar-refractivity contribution in [1.82, 2.24) is 4.98 Å². The number of pyridine rings is 1. The molecule has 2 rings (SSSR count). The highest BCUT2D eigenvalue weighted by Gasteiger charge is 2.14. The van der Waals surface area contributed by atoms with Gasteiger partial charge in [0.25, 0.3) is 0 Å². The van der Waals surface area contributed by atoms with Gasteiger partial charge in [-0.2, -0.15) is 0 Å². The van der Waals surface area contributed by atoms with Gasteiger partial charge in [-0.15, -0.1) is 0 Å². The van der Waals surface area contributed by atoms with Crippen molar-refractivity contribution in [2.24, 2.45) is 0 Å². The summed E-state index contributed by atoms with van der Waals surface area (Å²) in [5.74, 6) is -3.00. The van der Waals surface area contributed by atoms with Crippen LogP contribution in [0.5, 0.6) is 0 Å². The van der Waals surface area contributed by atoms with Gasteiger partial charge in [-0.1, -0.05) is 23.2 Å². The van der Waals surface area contributed by atoms with Crippen LogP contribution in [0.1, 0.15) is 10.4 Å². The summed E-state index contributed by atoms with van der Waals surface area (Å²) in [5.41, 5.74) is -0.415. The van der Waals surface area contributed by atoms with Gasteiger partial charge in [0.2, 0.25) is 0 Å². The lowest BCUT2D eigenvalue weighted by Crippen LogP contribution is -2.03. The average Bonchev–Trinajstić information content (AvgIpc) is 2.35. The number of aromatic nitrogens is 1. The highest BCUT2D eigenvalue weighted by Crippen LogP contribution is 2.29. The Bertz CT molecular complexity index is 672. The zero-order valence-corrected chi connectivity index (χ0v) is 11.1. The van der Waals surface area contributed by atoms with Crippen LogP contribution in [-0.4, -0.2) is 16.1 Å². The minimum absolute atomic E-state index is 0.0132. The van der Waals surface area contributed by atoms with E-state index in [4.69, 9.17) is 28.3 Å². The average molecular weight is 319 g/mol. The van der Waals surface area contributed by atoms with Crippen molar-refractivity contribution in [1.29, 1.82) is 0 Å². The molecule has 0 spiro atoms. The molecule has 0 unspecified atom stereocenters. The lowest BCUT2D eigenvalue weighted by Gasteiger charge is -2.10. The number of nitrogens with zero attached hydrogens (tertiary/aromatic N) is 1. The number of nitrogens with one attached hydrogen (secondary N) is 1.